The van der Waals surface area contributed by atoms with Crippen LogP contribution in [-0.4, -0.2) is 29.4 Å². The molecule has 0 aromatic heterocycles. The second-order valence-electron chi connectivity index (χ2n) is 3.54. The molecule has 0 unspecified atom stereocenters. The van der Waals surface area contributed by atoms with Gasteiger partial charge in [0.15, 0.2) is 5.71 Å². The van der Waals surface area contributed by atoms with Crippen LogP contribution >= 0.6 is 0 Å². The molecule has 1 aliphatic heterocycles. The molecule has 92 valence electrons. The first-order valence-corrected chi connectivity index (χ1v) is 5.09. The molecule has 1 aliphatic rings. The second-order valence-corrected chi connectivity index (χ2v) is 3.54. The van der Waals surface area contributed by atoms with Gasteiger partial charge in [0.25, 0.3) is 5.69 Å². The lowest BCUT2D eigenvalue weighted by Gasteiger charge is -2.01. The van der Waals surface area contributed by atoms with E-state index >= 15 is 0 Å². The fourth-order valence-corrected chi connectivity index (χ4v) is 1.61. The van der Waals surface area contributed by atoms with Gasteiger partial charge in [0.2, 0.25) is 0 Å². The zero-order chi connectivity index (χ0) is 13.1. The topological polar surface area (TPSA) is 94.2 Å². The van der Waals surface area contributed by atoms with E-state index < -0.39 is 10.9 Å². The molecular formula is C11H9N3O4. The minimum absolute atomic E-state index is 0.0578. The van der Waals surface area contributed by atoms with Crippen LogP contribution in [0.15, 0.2) is 34.5 Å². The predicted molar refractivity (Wildman–Crippen MR) is 63.7 cm³/mol. The lowest BCUT2D eigenvalue weighted by molar-refractivity contribution is -0.385. The third kappa shape index (κ3) is 2.10. The summed E-state index contributed by atoms with van der Waals surface area (Å²) in [7, 11) is 1.24. The van der Waals surface area contributed by atoms with Crippen LogP contribution in [0.5, 0.6) is 0 Å². The Morgan fingerprint density at radius 2 is 2.11 bits per heavy atom. The summed E-state index contributed by atoms with van der Waals surface area (Å²) in [4.78, 5) is 21.6. The van der Waals surface area contributed by atoms with Crippen molar-refractivity contribution < 1.29 is 14.5 Å². The Morgan fingerprint density at radius 3 is 2.78 bits per heavy atom. The molecule has 18 heavy (non-hydrogen) atoms. The van der Waals surface area contributed by atoms with E-state index in [1.165, 1.54) is 13.2 Å². The van der Waals surface area contributed by atoms with Gasteiger partial charge in [-0.3, -0.25) is 10.1 Å². The summed E-state index contributed by atoms with van der Waals surface area (Å²) in [6, 6.07) is 6.20. The van der Waals surface area contributed by atoms with Crippen molar-refractivity contribution in [3.63, 3.8) is 0 Å². The van der Waals surface area contributed by atoms with Crippen molar-refractivity contribution >= 4 is 23.1 Å². The maximum Gasteiger partial charge on any atom is 0.354 e. The summed E-state index contributed by atoms with van der Waals surface area (Å²) in [5, 5.41) is 18.3. The fourth-order valence-electron chi connectivity index (χ4n) is 1.61. The maximum absolute atomic E-state index is 11.2. The number of carbonyl (C=O) groups excluding carboxylic acids is 1. The van der Waals surface area contributed by atoms with Gasteiger partial charge in [-0.25, -0.2) is 4.79 Å². The second kappa shape index (κ2) is 4.74. The number of esters is 1. The molecule has 0 aliphatic carbocycles. The molecule has 0 spiro atoms. The van der Waals surface area contributed by atoms with Crippen molar-refractivity contribution in [3.05, 3.63) is 39.9 Å². The number of rotatable bonds is 3. The van der Waals surface area contributed by atoms with E-state index in [1.54, 1.807) is 18.2 Å². The van der Waals surface area contributed by atoms with Crippen molar-refractivity contribution in [2.75, 3.05) is 7.11 Å². The Balaban J connectivity index is 2.27. The summed E-state index contributed by atoms with van der Waals surface area (Å²) in [5.74, 6) is -0.577. The summed E-state index contributed by atoms with van der Waals surface area (Å²) in [6.07, 6.45) is 0.136. The first-order chi connectivity index (χ1) is 8.63. The number of nitro benzene ring substituents is 1. The van der Waals surface area contributed by atoms with E-state index in [4.69, 9.17) is 0 Å². The summed E-state index contributed by atoms with van der Waals surface area (Å²) < 4.78 is 4.52. The van der Waals surface area contributed by atoms with Gasteiger partial charge in [-0.1, -0.05) is 12.1 Å². The first-order valence-electron chi connectivity index (χ1n) is 5.09. The van der Waals surface area contributed by atoms with Crippen LogP contribution in [0.4, 0.5) is 5.69 Å². The van der Waals surface area contributed by atoms with Crippen molar-refractivity contribution in [1.82, 2.24) is 0 Å². The van der Waals surface area contributed by atoms with Gasteiger partial charge >= 0.3 is 5.97 Å². The van der Waals surface area contributed by atoms with Crippen LogP contribution in [0.2, 0.25) is 0 Å². The van der Waals surface area contributed by atoms with Gasteiger partial charge < -0.3 is 4.74 Å². The Labute approximate surface area is 102 Å². The zero-order valence-electron chi connectivity index (χ0n) is 9.49. The molecule has 7 nitrogen and oxygen atoms in total. The molecule has 1 heterocycles. The molecule has 0 saturated heterocycles. The fraction of sp³-hybridized carbons (Fsp3) is 0.182. The normalized spacial score (nSPS) is 13.8. The molecule has 0 N–H and O–H groups in total. The van der Waals surface area contributed by atoms with Crippen LogP contribution in [0.3, 0.4) is 0 Å². The molecule has 0 saturated carbocycles. The minimum atomic E-state index is -0.577. The lowest BCUT2D eigenvalue weighted by atomic mass is 10.0. The molecular weight excluding hydrogens is 238 g/mol. The molecule has 0 bridgehead atoms. The van der Waals surface area contributed by atoms with Crippen LogP contribution < -0.4 is 0 Å². The maximum atomic E-state index is 11.2. The van der Waals surface area contributed by atoms with E-state index in [9.17, 15) is 14.9 Å². The standard InChI is InChI=1S/C11H9N3O4/c1-18-11(15)9-6-8(12-13-9)7-4-2-3-5-10(7)14(16)17/h2-5H,6H2,1H3. The molecule has 0 radical (unpaired) electrons. The van der Waals surface area contributed by atoms with E-state index in [1.807, 2.05) is 0 Å². The number of para-hydroxylation sites is 1. The number of hydrogen-bond acceptors (Lipinski definition) is 6. The molecule has 0 fully saturated rings. The van der Waals surface area contributed by atoms with Gasteiger partial charge in [0.05, 0.1) is 23.3 Å². The Bertz CT molecular complexity index is 577. The quantitative estimate of drug-likeness (QED) is 0.457. The van der Waals surface area contributed by atoms with Crippen LogP contribution in [-0.2, 0) is 9.53 Å². The molecule has 1 aromatic rings. The Kier molecular flexibility index (Phi) is 3.13. The van der Waals surface area contributed by atoms with E-state index in [0.29, 0.717) is 11.3 Å². The highest BCUT2D eigenvalue weighted by molar-refractivity contribution is 6.42. The number of nitro groups is 1. The predicted octanol–water partition coefficient (Wildman–Crippen LogP) is 1.32. The first kappa shape index (κ1) is 11.9. The third-order valence-electron chi connectivity index (χ3n) is 2.46. The number of hydrogen-bond donors (Lipinski definition) is 0. The Hall–Kier alpha value is -2.57. The number of nitrogens with zero attached hydrogens (tertiary/aromatic N) is 3. The highest BCUT2D eigenvalue weighted by atomic mass is 16.6. The monoisotopic (exact) mass is 247 g/mol. The zero-order valence-corrected chi connectivity index (χ0v) is 9.49. The number of benzene rings is 1. The summed E-state index contributed by atoms with van der Waals surface area (Å²) in [5.41, 5.74) is 0.844. The highest BCUT2D eigenvalue weighted by Gasteiger charge is 2.25. The molecule has 0 amide bonds. The van der Waals surface area contributed by atoms with Crippen molar-refractivity contribution in [1.29, 1.82) is 0 Å². The molecule has 0 atom stereocenters. The minimum Gasteiger partial charge on any atom is -0.464 e. The van der Waals surface area contributed by atoms with Crippen LogP contribution in [0, 0.1) is 10.1 Å². The van der Waals surface area contributed by atoms with E-state index in [-0.39, 0.29) is 17.8 Å². The Morgan fingerprint density at radius 1 is 1.39 bits per heavy atom. The smallest absolute Gasteiger partial charge is 0.354 e. The lowest BCUT2D eigenvalue weighted by Crippen LogP contribution is -2.16. The van der Waals surface area contributed by atoms with Crippen LogP contribution in [0.25, 0.3) is 0 Å². The molecule has 2 rings (SSSR count). The van der Waals surface area contributed by atoms with Gasteiger partial charge in [0, 0.05) is 12.5 Å². The average Bonchev–Trinajstić information content (AvgIpc) is 2.87. The van der Waals surface area contributed by atoms with Gasteiger partial charge in [-0.2, -0.15) is 5.10 Å². The largest absolute Gasteiger partial charge is 0.464 e. The van der Waals surface area contributed by atoms with E-state index in [0.717, 1.165) is 0 Å². The number of methoxy groups -OCH3 is 1. The summed E-state index contributed by atoms with van der Waals surface area (Å²) in [6.45, 7) is 0. The highest BCUT2D eigenvalue weighted by Crippen LogP contribution is 2.22. The molecule has 7 heteroatoms. The SMILES string of the molecule is COC(=O)C1=NN=C(c2ccccc2[N+](=O)[O-])C1. The van der Waals surface area contributed by atoms with Crippen molar-refractivity contribution in [2.45, 2.75) is 6.42 Å². The summed E-state index contributed by atoms with van der Waals surface area (Å²) >= 11 is 0. The van der Waals surface area contributed by atoms with Crippen LogP contribution in [0.1, 0.15) is 12.0 Å². The van der Waals surface area contributed by atoms with Crippen molar-refractivity contribution in [3.8, 4) is 0 Å². The third-order valence-corrected chi connectivity index (χ3v) is 2.46. The van der Waals surface area contributed by atoms with Crippen molar-refractivity contribution in [2.24, 2.45) is 10.2 Å². The van der Waals surface area contributed by atoms with Gasteiger partial charge in [0.1, 0.15) is 0 Å². The number of carbonyl (C=O) groups is 1. The molecule has 1 aromatic carbocycles. The number of ether oxygens (including phenoxy) is 1. The average molecular weight is 247 g/mol. The van der Waals surface area contributed by atoms with E-state index in [2.05, 4.69) is 14.9 Å². The van der Waals surface area contributed by atoms with Gasteiger partial charge in [-0.05, 0) is 6.07 Å². The van der Waals surface area contributed by atoms with Gasteiger partial charge in [-0.15, -0.1) is 5.10 Å².